The van der Waals surface area contributed by atoms with E-state index in [-0.39, 0.29) is 5.73 Å². The fourth-order valence-corrected chi connectivity index (χ4v) is 2.47. The number of rotatable bonds is 4. The molecule has 78 valence electrons. The van der Waals surface area contributed by atoms with Crippen molar-refractivity contribution in [3.8, 4) is 0 Å². The summed E-state index contributed by atoms with van der Waals surface area (Å²) in [4.78, 5) is 4.46. The van der Waals surface area contributed by atoms with E-state index in [0.717, 1.165) is 12.1 Å². The second kappa shape index (κ2) is 4.91. The molecule has 2 nitrogen and oxygen atoms in total. The van der Waals surface area contributed by atoms with Crippen molar-refractivity contribution < 1.29 is 5.11 Å². The molecule has 0 aliphatic carbocycles. The normalized spacial score (nSPS) is 16.5. The third kappa shape index (κ3) is 4.57. The SMILES string of the molecule is CCC(=NC(C)C)C(O)[Si](C)(C)C. The van der Waals surface area contributed by atoms with E-state index in [9.17, 15) is 5.11 Å². The van der Waals surface area contributed by atoms with Crippen molar-refractivity contribution >= 4 is 13.8 Å². The minimum atomic E-state index is -1.49. The van der Waals surface area contributed by atoms with Crippen LogP contribution in [-0.4, -0.2) is 30.7 Å². The monoisotopic (exact) mass is 201 g/mol. The van der Waals surface area contributed by atoms with Crippen LogP contribution in [0.5, 0.6) is 0 Å². The maximum absolute atomic E-state index is 10.0. The van der Waals surface area contributed by atoms with E-state index >= 15 is 0 Å². The van der Waals surface area contributed by atoms with Crippen LogP contribution < -0.4 is 0 Å². The first-order valence-electron chi connectivity index (χ1n) is 5.03. The van der Waals surface area contributed by atoms with Crippen molar-refractivity contribution in [2.75, 3.05) is 0 Å². The first-order chi connectivity index (χ1) is 5.79. The van der Waals surface area contributed by atoms with E-state index in [4.69, 9.17) is 0 Å². The maximum atomic E-state index is 10.0. The van der Waals surface area contributed by atoms with Crippen molar-refractivity contribution in [2.24, 2.45) is 4.99 Å². The molecule has 0 aromatic heterocycles. The van der Waals surface area contributed by atoms with E-state index < -0.39 is 8.07 Å². The smallest absolute Gasteiger partial charge is 0.0854 e. The molecule has 0 saturated carbocycles. The van der Waals surface area contributed by atoms with Crippen molar-refractivity contribution in [1.29, 1.82) is 0 Å². The van der Waals surface area contributed by atoms with Gasteiger partial charge >= 0.3 is 0 Å². The number of hydrogen-bond acceptors (Lipinski definition) is 2. The summed E-state index contributed by atoms with van der Waals surface area (Å²) in [6.45, 7) is 12.7. The lowest BCUT2D eigenvalue weighted by Gasteiger charge is -2.25. The molecule has 1 unspecified atom stereocenters. The van der Waals surface area contributed by atoms with Gasteiger partial charge in [0.15, 0.2) is 0 Å². The molecular weight excluding hydrogens is 178 g/mol. The van der Waals surface area contributed by atoms with Gasteiger partial charge in [-0.2, -0.15) is 0 Å². The van der Waals surface area contributed by atoms with Gasteiger partial charge in [0.1, 0.15) is 0 Å². The van der Waals surface area contributed by atoms with Crippen molar-refractivity contribution in [3.05, 3.63) is 0 Å². The van der Waals surface area contributed by atoms with Crippen LogP contribution in [0.2, 0.25) is 19.6 Å². The number of nitrogens with zero attached hydrogens (tertiary/aromatic N) is 1. The first-order valence-corrected chi connectivity index (χ1v) is 8.61. The number of aliphatic hydroxyl groups excluding tert-OH is 1. The van der Waals surface area contributed by atoms with Crippen LogP contribution in [0.25, 0.3) is 0 Å². The summed E-state index contributed by atoms with van der Waals surface area (Å²) < 4.78 is 0. The van der Waals surface area contributed by atoms with E-state index in [1.54, 1.807) is 0 Å². The molecule has 0 bridgehead atoms. The van der Waals surface area contributed by atoms with Gasteiger partial charge in [-0.3, -0.25) is 4.99 Å². The minimum absolute atomic E-state index is 0.278. The molecule has 0 fully saturated rings. The largest absolute Gasteiger partial charge is 0.391 e. The highest BCUT2D eigenvalue weighted by atomic mass is 28.3. The lowest BCUT2D eigenvalue weighted by atomic mass is 10.3. The molecule has 0 aliphatic heterocycles. The molecule has 1 N–H and O–H groups in total. The van der Waals surface area contributed by atoms with Gasteiger partial charge in [-0.1, -0.05) is 26.6 Å². The van der Waals surface area contributed by atoms with E-state index in [1.165, 1.54) is 0 Å². The first kappa shape index (κ1) is 12.8. The molecule has 0 aliphatic rings. The summed E-state index contributed by atoms with van der Waals surface area (Å²) in [5.74, 6) is 0. The Kier molecular flexibility index (Phi) is 4.85. The Morgan fingerprint density at radius 1 is 1.31 bits per heavy atom. The number of aliphatic hydroxyl groups is 1. The predicted molar refractivity (Wildman–Crippen MR) is 62.2 cm³/mol. The maximum Gasteiger partial charge on any atom is 0.0854 e. The molecule has 0 aromatic carbocycles. The third-order valence-corrected chi connectivity index (χ3v) is 3.90. The van der Waals surface area contributed by atoms with Crippen LogP contribution in [0.3, 0.4) is 0 Å². The Morgan fingerprint density at radius 2 is 1.77 bits per heavy atom. The molecule has 0 spiro atoms. The summed E-state index contributed by atoms with van der Waals surface area (Å²) in [5, 5.41) is 10.0. The molecule has 0 saturated heterocycles. The Labute approximate surface area is 83.1 Å². The second-order valence-corrected chi connectivity index (χ2v) is 10.1. The highest BCUT2D eigenvalue weighted by Gasteiger charge is 2.28. The van der Waals surface area contributed by atoms with Gasteiger partial charge in [0.2, 0.25) is 0 Å². The van der Waals surface area contributed by atoms with Gasteiger partial charge in [-0.25, -0.2) is 0 Å². The summed E-state index contributed by atoms with van der Waals surface area (Å²) in [5.41, 5.74) is 0.703. The molecule has 1 atom stereocenters. The Hall–Kier alpha value is -0.153. The van der Waals surface area contributed by atoms with Crippen molar-refractivity contribution in [3.63, 3.8) is 0 Å². The molecule has 0 heterocycles. The molecule has 3 heteroatoms. The molecular formula is C10H23NOSi. The molecule has 0 rings (SSSR count). The lowest BCUT2D eigenvalue weighted by molar-refractivity contribution is 0.304. The summed E-state index contributed by atoms with van der Waals surface area (Å²) in [6.07, 6.45) is 0.865. The zero-order chi connectivity index (χ0) is 10.6. The highest BCUT2D eigenvalue weighted by Crippen LogP contribution is 2.12. The van der Waals surface area contributed by atoms with E-state index in [1.807, 2.05) is 13.8 Å². The minimum Gasteiger partial charge on any atom is -0.391 e. The number of aliphatic imine (C=N–C) groups is 1. The lowest BCUT2D eigenvalue weighted by Crippen LogP contribution is -2.44. The fourth-order valence-electron chi connectivity index (χ4n) is 1.19. The van der Waals surface area contributed by atoms with Gasteiger partial charge in [0.05, 0.1) is 13.8 Å². The van der Waals surface area contributed by atoms with Crippen LogP contribution in [0.15, 0.2) is 4.99 Å². The standard InChI is InChI=1S/C10H23NOSi/c1-7-9(11-8(2)3)10(12)13(4,5)6/h8,10,12H,7H2,1-6H3. The van der Waals surface area contributed by atoms with Crippen molar-refractivity contribution in [2.45, 2.75) is 58.6 Å². The second-order valence-electron chi connectivity index (χ2n) is 4.84. The van der Waals surface area contributed by atoms with Crippen LogP contribution >= 0.6 is 0 Å². The van der Waals surface area contributed by atoms with Crippen LogP contribution in [0, 0.1) is 0 Å². The van der Waals surface area contributed by atoms with Crippen LogP contribution in [0.4, 0.5) is 0 Å². The average molecular weight is 201 g/mol. The van der Waals surface area contributed by atoms with E-state index in [2.05, 4.69) is 31.6 Å². The Morgan fingerprint density at radius 3 is 2.00 bits per heavy atom. The molecule has 13 heavy (non-hydrogen) atoms. The Bertz CT molecular complexity index is 182. The van der Waals surface area contributed by atoms with E-state index in [0.29, 0.717) is 6.04 Å². The van der Waals surface area contributed by atoms with Crippen LogP contribution in [-0.2, 0) is 0 Å². The molecule has 0 aromatic rings. The van der Waals surface area contributed by atoms with Gasteiger partial charge in [0.25, 0.3) is 0 Å². The van der Waals surface area contributed by atoms with Gasteiger partial charge in [0, 0.05) is 11.8 Å². The topological polar surface area (TPSA) is 32.6 Å². The average Bonchev–Trinajstić information content (AvgIpc) is 1.96. The zero-order valence-corrected chi connectivity index (χ0v) is 10.8. The molecule has 0 amide bonds. The quantitative estimate of drug-likeness (QED) is 0.550. The van der Waals surface area contributed by atoms with Gasteiger partial charge in [-0.15, -0.1) is 0 Å². The van der Waals surface area contributed by atoms with Gasteiger partial charge < -0.3 is 5.11 Å². The fraction of sp³-hybridized carbons (Fsp3) is 0.900. The third-order valence-electron chi connectivity index (χ3n) is 1.92. The summed E-state index contributed by atoms with van der Waals surface area (Å²) >= 11 is 0. The zero-order valence-electron chi connectivity index (χ0n) is 9.76. The van der Waals surface area contributed by atoms with Crippen molar-refractivity contribution in [1.82, 2.24) is 0 Å². The Balaban J connectivity index is 4.60. The van der Waals surface area contributed by atoms with Crippen LogP contribution in [0.1, 0.15) is 27.2 Å². The highest BCUT2D eigenvalue weighted by molar-refractivity contribution is 6.80. The predicted octanol–water partition coefficient (Wildman–Crippen LogP) is 2.48. The molecule has 0 radical (unpaired) electrons. The summed E-state index contributed by atoms with van der Waals surface area (Å²) in [6, 6.07) is 0.293. The summed E-state index contributed by atoms with van der Waals surface area (Å²) in [7, 11) is -1.49. The number of hydrogen-bond donors (Lipinski definition) is 1. The van der Waals surface area contributed by atoms with Gasteiger partial charge in [-0.05, 0) is 20.3 Å².